The molecule has 1 saturated heterocycles. The molecular formula is C16H23N3O4S. The molecule has 1 aromatic rings. The maximum Gasteiger partial charge on any atom is 0.246 e. The Balaban J connectivity index is 2.18. The molecule has 132 valence electrons. The molecule has 0 atom stereocenters. The number of methoxy groups -OCH3 is 1. The Bertz CT molecular complexity index is 723. The number of carbonyl (C=O) groups excluding carboxylic acids is 1. The van der Waals surface area contributed by atoms with Gasteiger partial charge < -0.3 is 14.5 Å². The van der Waals surface area contributed by atoms with Crippen molar-refractivity contribution in [1.29, 1.82) is 0 Å². The van der Waals surface area contributed by atoms with Crippen LogP contribution < -0.4 is 9.46 Å². The van der Waals surface area contributed by atoms with Crippen molar-refractivity contribution in [2.45, 2.75) is 4.90 Å². The summed E-state index contributed by atoms with van der Waals surface area (Å²) in [7, 11) is 1.14. The van der Waals surface area contributed by atoms with Crippen LogP contribution in [0.1, 0.15) is 5.56 Å². The van der Waals surface area contributed by atoms with Crippen molar-refractivity contribution in [3.05, 3.63) is 29.8 Å². The number of nitrogens with zero attached hydrogens (tertiary/aromatic N) is 2. The van der Waals surface area contributed by atoms with Gasteiger partial charge in [-0.15, -0.1) is 0 Å². The highest BCUT2D eigenvalue weighted by molar-refractivity contribution is 7.89. The highest BCUT2D eigenvalue weighted by atomic mass is 32.2. The number of likely N-dealkylation sites (N-methyl/N-ethyl adjacent to an activating group) is 1. The van der Waals surface area contributed by atoms with Gasteiger partial charge in [-0.05, 0) is 37.9 Å². The number of hydrogen-bond acceptors (Lipinski definition) is 5. The highest BCUT2D eigenvalue weighted by Crippen LogP contribution is 2.25. The molecular weight excluding hydrogens is 330 g/mol. The number of benzene rings is 1. The van der Waals surface area contributed by atoms with Gasteiger partial charge in [0.2, 0.25) is 15.9 Å². The predicted octanol–water partition coefficient (Wildman–Crippen LogP) is 0.391. The van der Waals surface area contributed by atoms with E-state index in [1.54, 1.807) is 23.1 Å². The topological polar surface area (TPSA) is 79.0 Å². The molecule has 1 aliphatic heterocycles. The number of amides is 1. The maximum atomic E-state index is 12.2. The smallest absolute Gasteiger partial charge is 0.246 e. The van der Waals surface area contributed by atoms with E-state index in [2.05, 4.69) is 9.62 Å². The van der Waals surface area contributed by atoms with Crippen molar-refractivity contribution in [3.8, 4) is 5.75 Å². The fraction of sp³-hybridized carbons (Fsp3) is 0.438. The quantitative estimate of drug-likeness (QED) is 0.775. The Hall–Kier alpha value is -1.90. The van der Waals surface area contributed by atoms with Gasteiger partial charge in [-0.25, -0.2) is 13.1 Å². The van der Waals surface area contributed by atoms with Crippen LogP contribution in [0.3, 0.4) is 0 Å². The van der Waals surface area contributed by atoms with E-state index < -0.39 is 10.0 Å². The second-order valence-corrected chi connectivity index (χ2v) is 7.43. The van der Waals surface area contributed by atoms with Crippen molar-refractivity contribution in [1.82, 2.24) is 14.5 Å². The zero-order valence-corrected chi connectivity index (χ0v) is 15.0. The number of piperazine rings is 1. The van der Waals surface area contributed by atoms with Crippen molar-refractivity contribution >= 4 is 22.0 Å². The first kappa shape index (κ1) is 18.4. The van der Waals surface area contributed by atoms with Crippen LogP contribution in [0.5, 0.6) is 5.75 Å². The molecule has 1 aromatic carbocycles. The normalized spacial score (nSPS) is 16.5. The molecule has 2 rings (SSSR count). The van der Waals surface area contributed by atoms with E-state index >= 15 is 0 Å². The number of nitrogens with one attached hydrogen (secondary N) is 1. The average molecular weight is 353 g/mol. The maximum absolute atomic E-state index is 12.2. The van der Waals surface area contributed by atoms with Crippen LogP contribution in [0.2, 0.25) is 0 Å². The second kappa shape index (κ2) is 7.78. The third-order valence-corrected chi connectivity index (χ3v) is 5.41. The van der Waals surface area contributed by atoms with Crippen LogP contribution >= 0.6 is 0 Å². The SMILES string of the molecule is CNS(=O)(=O)c1cc(/C=C/C(=O)N2CCN(C)CC2)ccc1OC. The first-order chi connectivity index (χ1) is 11.4. The Labute approximate surface area is 142 Å². The van der Waals surface area contributed by atoms with Crippen molar-refractivity contribution in [2.75, 3.05) is 47.4 Å². The second-order valence-electron chi connectivity index (χ2n) is 5.58. The molecule has 8 heteroatoms. The minimum Gasteiger partial charge on any atom is -0.495 e. The Morgan fingerprint density at radius 1 is 1.25 bits per heavy atom. The van der Waals surface area contributed by atoms with Crippen molar-refractivity contribution < 1.29 is 17.9 Å². The van der Waals surface area contributed by atoms with E-state index in [4.69, 9.17) is 4.74 Å². The molecule has 0 bridgehead atoms. The van der Waals surface area contributed by atoms with Crippen LogP contribution in [0, 0.1) is 0 Å². The zero-order chi connectivity index (χ0) is 17.7. The largest absolute Gasteiger partial charge is 0.495 e. The molecule has 0 spiro atoms. The summed E-state index contributed by atoms with van der Waals surface area (Å²) in [5.41, 5.74) is 0.618. The van der Waals surface area contributed by atoms with E-state index in [0.717, 1.165) is 13.1 Å². The monoisotopic (exact) mass is 353 g/mol. The van der Waals surface area contributed by atoms with Gasteiger partial charge in [0.1, 0.15) is 10.6 Å². The number of hydrogen-bond donors (Lipinski definition) is 1. The molecule has 1 aliphatic rings. The van der Waals surface area contributed by atoms with Gasteiger partial charge in [-0.2, -0.15) is 0 Å². The van der Waals surface area contributed by atoms with Crippen LogP contribution in [-0.2, 0) is 14.8 Å². The molecule has 1 fully saturated rings. The Morgan fingerprint density at radius 3 is 2.50 bits per heavy atom. The molecule has 0 radical (unpaired) electrons. The fourth-order valence-corrected chi connectivity index (χ4v) is 3.34. The summed E-state index contributed by atoms with van der Waals surface area (Å²) >= 11 is 0. The Morgan fingerprint density at radius 2 is 1.92 bits per heavy atom. The van der Waals surface area contributed by atoms with E-state index in [9.17, 15) is 13.2 Å². The standard InChI is InChI=1S/C16H23N3O4S/c1-17-24(21,22)15-12-13(4-6-14(15)23-3)5-7-16(20)19-10-8-18(2)9-11-19/h4-7,12,17H,8-11H2,1-3H3/b7-5+. The van der Waals surface area contributed by atoms with E-state index in [-0.39, 0.29) is 16.6 Å². The molecule has 0 unspecified atom stereocenters. The first-order valence-corrected chi connectivity index (χ1v) is 9.13. The number of carbonyl (C=O) groups is 1. The van der Waals surface area contributed by atoms with E-state index in [1.165, 1.54) is 26.3 Å². The van der Waals surface area contributed by atoms with Crippen molar-refractivity contribution in [3.63, 3.8) is 0 Å². The lowest BCUT2D eigenvalue weighted by Gasteiger charge is -2.31. The molecule has 1 heterocycles. The minimum atomic E-state index is -3.64. The van der Waals surface area contributed by atoms with Gasteiger partial charge in [-0.3, -0.25) is 4.79 Å². The number of ether oxygens (including phenoxy) is 1. The van der Waals surface area contributed by atoms with Gasteiger partial charge in [-0.1, -0.05) is 6.07 Å². The highest BCUT2D eigenvalue weighted by Gasteiger charge is 2.19. The molecule has 1 amide bonds. The van der Waals surface area contributed by atoms with Crippen LogP contribution in [-0.4, -0.2) is 71.5 Å². The van der Waals surface area contributed by atoms with Gasteiger partial charge in [0.25, 0.3) is 0 Å². The summed E-state index contributed by atoms with van der Waals surface area (Å²) in [5, 5.41) is 0. The predicted molar refractivity (Wildman–Crippen MR) is 92.4 cm³/mol. The molecule has 7 nitrogen and oxygen atoms in total. The zero-order valence-electron chi connectivity index (χ0n) is 14.2. The summed E-state index contributed by atoms with van der Waals surface area (Å²) in [5.74, 6) is 0.184. The van der Waals surface area contributed by atoms with Gasteiger partial charge >= 0.3 is 0 Å². The van der Waals surface area contributed by atoms with Gasteiger partial charge in [0.05, 0.1) is 7.11 Å². The lowest BCUT2D eigenvalue weighted by Crippen LogP contribution is -2.46. The summed E-state index contributed by atoms with van der Waals surface area (Å²) < 4.78 is 31.5. The number of rotatable bonds is 5. The summed E-state index contributed by atoms with van der Waals surface area (Å²) in [4.78, 5) is 16.2. The summed E-state index contributed by atoms with van der Waals surface area (Å²) in [6, 6.07) is 4.77. The fourth-order valence-electron chi connectivity index (χ4n) is 2.42. The van der Waals surface area contributed by atoms with Crippen LogP contribution in [0.4, 0.5) is 0 Å². The molecule has 0 aliphatic carbocycles. The van der Waals surface area contributed by atoms with Gasteiger partial charge in [0, 0.05) is 32.3 Å². The van der Waals surface area contributed by atoms with Crippen LogP contribution in [0.25, 0.3) is 6.08 Å². The lowest BCUT2D eigenvalue weighted by atomic mass is 10.2. The summed E-state index contributed by atoms with van der Waals surface area (Å²) in [6.07, 6.45) is 3.09. The lowest BCUT2D eigenvalue weighted by molar-refractivity contribution is -0.127. The first-order valence-electron chi connectivity index (χ1n) is 7.64. The average Bonchev–Trinajstić information content (AvgIpc) is 2.60. The van der Waals surface area contributed by atoms with E-state index in [1.807, 2.05) is 7.05 Å². The minimum absolute atomic E-state index is 0.0432. The third kappa shape index (κ3) is 4.34. The molecule has 1 N–H and O–H groups in total. The Kier molecular flexibility index (Phi) is 5.98. The number of sulfonamides is 1. The van der Waals surface area contributed by atoms with Crippen LogP contribution in [0.15, 0.2) is 29.2 Å². The third-order valence-electron chi connectivity index (χ3n) is 3.98. The van der Waals surface area contributed by atoms with E-state index in [0.29, 0.717) is 18.7 Å². The molecule has 24 heavy (non-hydrogen) atoms. The van der Waals surface area contributed by atoms with Gasteiger partial charge in [0.15, 0.2) is 0 Å². The van der Waals surface area contributed by atoms with Crippen molar-refractivity contribution in [2.24, 2.45) is 0 Å². The molecule has 0 aromatic heterocycles. The summed E-state index contributed by atoms with van der Waals surface area (Å²) in [6.45, 7) is 3.10. The molecule has 0 saturated carbocycles.